The first-order valence-corrected chi connectivity index (χ1v) is 6.89. The Morgan fingerprint density at radius 3 is 2.79 bits per heavy atom. The number of para-hydroxylation sites is 1. The lowest BCUT2D eigenvalue weighted by Crippen LogP contribution is -2.14. The minimum Gasteiger partial charge on any atom is -0.478 e. The third-order valence-corrected chi connectivity index (χ3v) is 3.72. The Morgan fingerprint density at radius 2 is 2.11 bits per heavy atom. The number of aliphatic hydroxyl groups excluding tert-OH is 2. The van der Waals surface area contributed by atoms with Crippen LogP contribution in [0.1, 0.15) is 16.1 Å². The van der Waals surface area contributed by atoms with Crippen LogP contribution in [0, 0.1) is 0 Å². The lowest BCUT2D eigenvalue weighted by Gasteiger charge is -2.05. The van der Waals surface area contributed by atoms with Gasteiger partial charge in [-0.1, -0.05) is 18.2 Å². The number of hydrogen-bond donors (Lipinski definition) is 3. The summed E-state index contributed by atoms with van der Waals surface area (Å²) in [6.07, 6.45) is -0.803. The molecule has 0 saturated carbocycles. The zero-order valence-electron chi connectivity index (χ0n) is 10.1. The normalized spacial score (nSPS) is 12.7. The highest BCUT2D eigenvalue weighted by molar-refractivity contribution is 7.98. The van der Waals surface area contributed by atoms with E-state index >= 15 is 0 Å². The standard InChI is InChI=1S/C13H14O5S/c14-5-8(15)6-19-7-11-12(13(16)17)9-3-1-2-4-10(9)18-11/h1-4,8,14-15H,5-7H2,(H,16,17). The molecule has 0 radical (unpaired) electrons. The Morgan fingerprint density at radius 1 is 1.37 bits per heavy atom. The molecule has 0 saturated heterocycles. The highest BCUT2D eigenvalue weighted by Gasteiger charge is 2.19. The van der Waals surface area contributed by atoms with Crippen LogP contribution in [-0.4, -0.2) is 39.8 Å². The maximum Gasteiger partial charge on any atom is 0.339 e. The molecule has 1 atom stereocenters. The van der Waals surface area contributed by atoms with Crippen LogP contribution in [0.5, 0.6) is 0 Å². The van der Waals surface area contributed by atoms with E-state index < -0.39 is 12.1 Å². The van der Waals surface area contributed by atoms with Crippen molar-refractivity contribution in [2.24, 2.45) is 0 Å². The summed E-state index contributed by atoms with van der Waals surface area (Å²) in [5.41, 5.74) is 0.708. The van der Waals surface area contributed by atoms with Crippen molar-refractivity contribution in [2.45, 2.75) is 11.9 Å². The van der Waals surface area contributed by atoms with E-state index in [0.717, 1.165) is 0 Å². The van der Waals surface area contributed by atoms with E-state index in [1.165, 1.54) is 11.8 Å². The highest BCUT2D eigenvalue weighted by atomic mass is 32.2. The van der Waals surface area contributed by atoms with Crippen LogP contribution in [0.15, 0.2) is 28.7 Å². The Hall–Kier alpha value is -1.50. The summed E-state index contributed by atoms with van der Waals surface area (Å²) in [7, 11) is 0. The van der Waals surface area contributed by atoms with Gasteiger partial charge in [0.15, 0.2) is 0 Å². The van der Waals surface area contributed by atoms with Gasteiger partial charge in [0, 0.05) is 11.1 Å². The summed E-state index contributed by atoms with van der Waals surface area (Å²) < 4.78 is 5.53. The topological polar surface area (TPSA) is 90.9 Å². The molecule has 3 N–H and O–H groups in total. The molecule has 1 unspecified atom stereocenters. The number of aromatic carboxylic acids is 1. The Bertz CT molecular complexity index is 577. The minimum absolute atomic E-state index is 0.168. The highest BCUT2D eigenvalue weighted by Crippen LogP contribution is 2.28. The molecule has 0 amide bonds. The quantitative estimate of drug-likeness (QED) is 0.747. The Kier molecular flexibility index (Phi) is 4.47. The average molecular weight is 282 g/mol. The van der Waals surface area contributed by atoms with Crippen LogP contribution >= 0.6 is 11.8 Å². The van der Waals surface area contributed by atoms with Gasteiger partial charge in [-0.05, 0) is 6.07 Å². The number of hydrogen-bond acceptors (Lipinski definition) is 5. The molecule has 6 heteroatoms. The number of carbonyl (C=O) groups is 1. The van der Waals surface area contributed by atoms with Crippen LogP contribution in [-0.2, 0) is 5.75 Å². The summed E-state index contributed by atoms with van der Waals surface area (Å²) >= 11 is 1.32. The molecule has 1 aromatic carbocycles. The molecule has 0 aliphatic heterocycles. The van der Waals surface area contributed by atoms with Gasteiger partial charge in [0.05, 0.1) is 18.5 Å². The molecule has 0 bridgehead atoms. The van der Waals surface area contributed by atoms with E-state index in [1.807, 2.05) is 0 Å². The summed E-state index contributed by atoms with van der Waals surface area (Å²) in [6, 6.07) is 6.97. The molecule has 19 heavy (non-hydrogen) atoms. The summed E-state index contributed by atoms with van der Waals surface area (Å²) in [5, 5.41) is 27.8. The van der Waals surface area contributed by atoms with Crippen LogP contribution in [0.25, 0.3) is 11.0 Å². The van der Waals surface area contributed by atoms with Crippen molar-refractivity contribution in [3.63, 3.8) is 0 Å². The Balaban J connectivity index is 2.22. The van der Waals surface area contributed by atoms with Gasteiger partial charge in [-0.25, -0.2) is 4.79 Å². The number of aliphatic hydroxyl groups is 2. The van der Waals surface area contributed by atoms with Crippen molar-refractivity contribution in [3.8, 4) is 0 Å². The maximum absolute atomic E-state index is 11.3. The van der Waals surface area contributed by atoms with Crippen molar-refractivity contribution in [3.05, 3.63) is 35.6 Å². The van der Waals surface area contributed by atoms with Gasteiger partial charge in [0.1, 0.15) is 16.9 Å². The first-order chi connectivity index (χ1) is 9.13. The van der Waals surface area contributed by atoms with Crippen LogP contribution < -0.4 is 0 Å². The fraction of sp³-hybridized carbons (Fsp3) is 0.308. The van der Waals surface area contributed by atoms with E-state index in [9.17, 15) is 15.0 Å². The molecular formula is C13H14O5S. The second kappa shape index (κ2) is 6.10. The van der Waals surface area contributed by atoms with Gasteiger partial charge < -0.3 is 19.7 Å². The molecule has 1 heterocycles. The SMILES string of the molecule is O=C(O)c1c(CSCC(O)CO)oc2ccccc12. The van der Waals surface area contributed by atoms with Crippen LogP contribution in [0.4, 0.5) is 0 Å². The molecule has 102 valence electrons. The van der Waals surface area contributed by atoms with E-state index in [4.69, 9.17) is 9.52 Å². The fourth-order valence-electron chi connectivity index (χ4n) is 1.77. The number of fused-ring (bicyclic) bond motifs is 1. The smallest absolute Gasteiger partial charge is 0.339 e. The first-order valence-electron chi connectivity index (χ1n) is 5.74. The van der Waals surface area contributed by atoms with Gasteiger partial charge in [-0.2, -0.15) is 11.8 Å². The van der Waals surface area contributed by atoms with Gasteiger partial charge >= 0.3 is 5.97 Å². The Labute approximate surface area is 113 Å². The van der Waals surface area contributed by atoms with E-state index in [0.29, 0.717) is 28.2 Å². The monoisotopic (exact) mass is 282 g/mol. The van der Waals surface area contributed by atoms with Crippen molar-refractivity contribution in [1.82, 2.24) is 0 Å². The molecule has 2 aromatic rings. The van der Waals surface area contributed by atoms with E-state index in [2.05, 4.69) is 0 Å². The number of thioether (sulfide) groups is 1. The predicted octanol–water partition coefficient (Wildman–Crippen LogP) is 1.72. The lowest BCUT2D eigenvalue weighted by atomic mass is 10.1. The van der Waals surface area contributed by atoms with Crippen molar-refractivity contribution in [1.29, 1.82) is 0 Å². The van der Waals surface area contributed by atoms with Crippen LogP contribution in [0.2, 0.25) is 0 Å². The molecule has 0 aliphatic rings. The molecule has 0 spiro atoms. The average Bonchev–Trinajstić information content (AvgIpc) is 2.76. The molecule has 2 rings (SSSR count). The van der Waals surface area contributed by atoms with Crippen molar-refractivity contribution >= 4 is 28.7 Å². The van der Waals surface area contributed by atoms with E-state index in [1.54, 1.807) is 24.3 Å². The lowest BCUT2D eigenvalue weighted by molar-refractivity contribution is 0.0697. The van der Waals surface area contributed by atoms with Crippen molar-refractivity contribution < 1.29 is 24.5 Å². The number of benzene rings is 1. The minimum atomic E-state index is -1.02. The molecular weight excluding hydrogens is 268 g/mol. The summed E-state index contributed by atoms with van der Waals surface area (Å²) in [6.45, 7) is -0.307. The summed E-state index contributed by atoms with van der Waals surface area (Å²) in [4.78, 5) is 11.3. The zero-order valence-corrected chi connectivity index (χ0v) is 10.9. The molecule has 5 nitrogen and oxygen atoms in total. The zero-order chi connectivity index (χ0) is 13.8. The van der Waals surface area contributed by atoms with Crippen LogP contribution in [0.3, 0.4) is 0 Å². The second-order valence-corrected chi connectivity index (χ2v) is 5.08. The number of furan rings is 1. The molecule has 0 aliphatic carbocycles. The number of carboxylic acid groups (broad SMARTS) is 1. The van der Waals surface area contributed by atoms with Gasteiger partial charge in [-0.15, -0.1) is 0 Å². The summed E-state index contributed by atoms with van der Waals surface area (Å²) in [5.74, 6) is 0.0204. The number of rotatable bonds is 6. The largest absolute Gasteiger partial charge is 0.478 e. The second-order valence-electron chi connectivity index (χ2n) is 4.05. The predicted molar refractivity (Wildman–Crippen MR) is 72.4 cm³/mol. The first kappa shape index (κ1) is 13.9. The van der Waals surface area contributed by atoms with Gasteiger partial charge in [0.2, 0.25) is 0 Å². The molecule has 0 fully saturated rings. The third kappa shape index (κ3) is 3.09. The van der Waals surface area contributed by atoms with Gasteiger partial charge in [0.25, 0.3) is 0 Å². The number of carboxylic acids is 1. The van der Waals surface area contributed by atoms with Crippen molar-refractivity contribution in [2.75, 3.05) is 12.4 Å². The molecule has 1 aromatic heterocycles. The van der Waals surface area contributed by atoms with E-state index in [-0.39, 0.29) is 12.2 Å². The maximum atomic E-state index is 11.3. The fourth-order valence-corrected chi connectivity index (χ4v) is 2.66. The third-order valence-electron chi connectivity index (χ3n) is 2.64. The van der Waals surface area contributed by atoms with Gasteiger partial charge in [-0.3, -0.25) is 0 Å².